The minimum Gasteiger partial charge on any atom is -0.496 e. The van der Waals surface area contributed by atoms with E-state index in [-0.39, 0.29) is 12.1 Å². The molecule has 1 saturated heterocycles. The fourth-order valence-corrected chi connectivity index (χ4v) is 5.43. The van der Waals surface area contributed by atoms with Gasteiger partial charge in [0.05, 0.1) is 12.0 Å². The molecule has 0 N–H and O–H groups in total. The first-order chi connectivity index (χ1) is 12.3. The van der Waals surface area contributed by atoms with Crippen molar-refractivity contribution in [3.05, 3.63) is 54.1 Å². The average molecular weight is 375 g/mol. The van der Waals surface area contributed by atoms with Gasteiger partial charge in [-0.3, -0.25) is 0 Å². The summed E-state index contributed by atoms with van der Waals surface area (Å²) in [6, 6.07) is 15.4. The van der Waals surface area contributed by atoms with Gasteiger partial charge in [0.15, 0.2) is 0 Å². The Morgan fingerprint density at radius 2 is 1.62 bits per heavy atom. The van der Waals surface area contributed by atoms with E-state index in [4.69, 9.17) is 4.74 Å². The molecule has 0 radical (unpaired) electrons. The first-order valence-corrected chi connectivity index (χ1v) is 10.3. The SMILES string of the molecule is COc1ccc(S(=O)(=O)N2CC(C)N(c3ccccc3)C(C)C2)cc1C. The van der Waals surface area contributed by atoms with Crippen LogP contribution in [0.2, 0.25) is 0 Å². The van der Waals surface area contributed by atoms with Crippen molar-refractivity contribution in [2.75, 3.05) is 25.1 Å². The van der Waals surface area contributed by atoms with Gasteiger partial charge in [0.2, 0.25) is 10.0 Å². The lowest BCUT2D eigenvalue weighted by Crippen LogP contribution is -2.58. The summed E-state index contributed by atoms with van der Waals surface area (Å²) < 4.78 is 33.1. The van der Waals surface area contributed by atoms with Crippen LogP contribution >= 0.6 is 0 Å². The number of anilines is 1. The maximum atomic E-state index is 13.1. The molecule has 1 aliphatic rings. The monoisotopic (exact) mass is 374 g/mol. The summed E-state index contributed by atoms with van der Waals surface area (Å²) in [4.78, 5) is 2.62. The van der Waals surface area contributed by atoms with E-state index in [9.17, 15) is 8.42 Å². The van der Waals surface area contributed by atoms with Crippen molar-refractivity contribution in [2.45, 2.75) is 37.8 Å². The third-order valence-electron chi connectivity index (χ3n) is 4.94. The molecule has 5 nitrogen and oxygen atoms in total. The van der Waals surface area contributed by atoms with Crippen molar-refractivity contribution in [1.82, 2.24) is 4.31 Å². The number of ether oxygens (including phenoxy) is 1. The van der Waals surface area contributed by atoms with Crippen LogP contribution in [0, 0.1) is 6.92 Å². The molecule has 26 heavy (non-hydrogen) atoms. The second-order valence-corrected chi connectivity index (χ2v) is 8.83. The molecule has 0 aliphatic carbocycles. The van der Waals surface area contributed by atoms with E-state index >= 15 is 0 Å². The highest BCUT2D eigenvalue weighted by Crippen LogP contribution is 2.29. The molecule has 1 fully saturated rings. The van der Waals surface area contributed by atoms with Gasteiger partial charge in [0.1, 0.15) is 5.75 Å². The lowest BCUT2D eigenvalue weighted by Gasteiger charge is -2.45. The van der Waals surface area contributed by atoms with Gasteiger partial charge in [0.25, 0.3) is 0 Å². The molecule has 0 saturated carbocycles. The minimum atomic E-state index is -3.53. The zero-order chi connectivity index (χ0) is 18.9. The Morgan fingerprint density at radius 1 is 1.00 bits per heavy atom. The van der Waals surface area contributed by atoms with E-state index < -0.39 is 10.0 Å². The molecule has 2 aromatic carbocycles. The fourth-order valence-electron chi connectivity index (χ4n) is 3.74. The van der Waals surface area contributed by atoms with E-state index in [0.717, 1.165) is 11.3 Å². The van der Waals surface area contributed by atoms with Gasteiger partial charge in [-0.2, -0.15) is 4.31 Å². The second-order valence-electron chi connectivity index (χ2n) is 6.89. The molecule has 6 heteroatoms. The number of hydrogen-bond acceptors (Lipinski definition) is 4. The standard InChI is InChI=1S/C20H26N2O3S/c1-15-12-19(10-11-20(15)25-4)26(23,24)21-13-16(2)22(17(3)14-21)18-8-6-5-7-9-18/h5-12,16-17H,13-14H2,1-4H3. The molecule has 2 aromatic rings. The summed E-state index contributed by atoms with van der Waals surface area (Å²) in [6.45, 7) is 6.94. The molecule has 140 valence electrons. The molecular formula is C20H26N2O3S. The Kier molecular flexibility index (Phi) is 5.25. The number of methoxy groups -OCH3 is 1. The quantitative estimate of drug-likeness (QED) is 0.824. The molecule has 1 heterocycles. The maximum Gasteiger partial charge on any atom is 0.243 e. The molecule has 0 spiro atoms. The molecule has 0 amide bonds. The van der Waals surface area contributed by atoms with Gasteiger partial charge in [-0.25, -0.2) is 8.42 Å². The van der Waals surface area contributed by atoms with Crippen LogP contribution in [-0.4, -0.2) is 45.0 Å². The first kappa shape index (κ1) is 18.7. The number of rotatable bonds is 4. The Balaban J connectivity index is 1.86. The van der Waals surface area contributed by atoms with Crippen molar-refractivity contribution in [3.63, 3.8) is 0 Å². The van der Waals surface area contributed by atoms with Crippen molar-refractivity contribution in [2.24, 2.45) is 0 Å². The number of piperazine rings is 1. The van der Waals surface area contributed by atoms with Crippen molar-refractivity contribution < 1.29 is 13.2 Å². The lowest BCUT2D eigenvalue weighted by molar-refractivity contribution is 0.301. The molecule has 2 atom stereocenters. The van der Waals surface area contributed by atoms with Crippen molar-refractivity contribution >= 4 is 15.7 Å². The lowest BCUT2D eigenvalue weighted by atomic mass is 10.1. The molecule has 0 aromatic heterocycles. The topological polar surface area (TPSA) is 49.9 Å². The zero-order valence-corrected chi connectivity index (χ0v) is 16.5. The highest BCUT2D eigenvalue weighted by molar-refractivity contribution is 7.89. The van der Waals surface area contributed by atoms with E-state index in [2.05, 4.69) is 30.9 Å². The van der Waals surface area contributed by atoms with Crippen LogP contribution in [0.3, 0.4) is 0 Å². The Hall–Kier alpha value is -2.05. The zero-order valence-electron chi connectivity index (χ0n) is 15.7. The highest BCUT2D eigenvalue weighted by Gasteiger charge is 2.36. The van der Waals surface area contributed by atoms with Crippen molar-refractivity contribution in [3.8, 4) is 5.75 Å². The Morgan fingerprint density at radius 3 is 2.15 bits per heavy atom. The van der Waals surface area contributed by atoms with Crippen LogP contribution in [0.4, 0.5) is 5.69 Å². The predicted molar refractivity (Wildman–Crippen MR) is 104 cm³/mol. The first-order valence-electron chi connectivity index (χ1n) is 8.82. The summed E-state index contributed by atoms with van der Waals surface area (Å²) in [5, 5.41) is 0. The van der Waals surface area contributed by atoms with Gasteiger partial charge in [-0.15, -0.1) is 0 Å². The van der Waals surface area contributed by atoms with Crippen LogP contribution in [-0.2, 0) is 10.0 Å². The van der Waals surface area contributed by atoms with Crippen LogP contribution in [0.25, 0.3) is 0 Å². The van der Waals surface area contributed by atoms with Crippen LogP contribution < -0.4 is 9.64 Å². The highest BCUT2D eigenvalue weighted by atomic mass is 32.2. The number of sulfonamides is 1. The number of benzene rings is 2. The van der Waals surface area contributed by atoms with E-state index in [1.54, 1.807) is 29.6 Å². The normalized spacial score (nSPS) is 21.6. The number of aryl methyl sites for hydroxylation is 1. The average Bonchev–Trinajstić information content (AvgIpc) is 2.62. The second kappa shape index (κ2) is 7.29. The van der Waals surface area contributed by atoms with E-state index in [0.29, 0.717) is 23.7 Å². The minimum absolute atomic E-state index is 0.0928. The Bertz CT molecular complexity index is 856. The van der Waals surface area contributed by atoms with Crippen LogP contribution in [0.1, 0.15) is 19.4 Å². The maximum absolute atomic E-state index is 13.1. The molecule has 0 bridgehead atoms. The van der Waals surface area contributed by atoms with Crippen LogP contribution in [0.15, 0.2) is 53.4 Å². The molecular weight excluding hydrogens is 348 g/mol. The number of para-hydroxylation sites is 1. The van der Waals surface area contributed by atoms with E-state index in [1.807, 2.05) is 25.1 Å². The van der Waals surface area contributed by atoms with Gasteiger partial charge >= 0.3 is 0 Å². The van der Waals surface area contributed by atoms with E-state index in [1.165, 1.54) is 0 Å². The third-order valence-corrected chi connectivity index (χ3v) is 6.77. The summed E-state index contributed by atoms with van der Waals surface area (Å²) in [5.41, 5.74) is 1.95. The van der Waals surface area contributed by atoms with Gasteiger partial charge in [0, 0.05) is 30.9 Å². The van der Waals surface area contributed by atoms with Gasteiger partial charge in [-0.1, -0.05) is 18.2 Å². The smallest absolute Gasteiger partial charge is 0.243 e. The van der Waals surface area contributed by atoms with Crippen LogP contribution in [0.5, 0.6) is 5.75 Å². The summed E-state index contributed by atoms with van der Waals surface area (Å²) in [7, 11) is -1.94. The Labute approximate surface area is 156 Å². The summed E-state index contributed by atoms with van der Waals surface area (Å²) in [6.07, 6.45) is 0. The molecule has 1 aliphatic heterocycles. The van der Waals surface area contributed by atoms with Gasteiger partial charge < -0.3 is 9.64 Å². The van der Waals surface area contributed by atoms with Gasteiger partial charge in [-0.05, 0) is 56.7 Å². The van der Waals surface area contributed by atoms with Crippen molar-refractivity contribution in [1.29, 1.82) is 0 Å². The molecule has 3 rings (SSSR count). The predicted octanol–water partition coefficient (Wildman–Crippen LogP) is 3.29. The fraction of sp³-hybridized carbons (Fsp3) is 0.400. The number of hydrogen-bond donors (Lipinski definition) is 0. The summed E-state index contributed by atoms with van der Waals surface area (Å²) in [5.74, 6) is 0.694. The summed E-state index contributed by atoms with van der Waals surface area (Å²) >= 11 is 0. The number of nitrogens with zero attached hydrogens (tertiary/aromatic N) is 2. The molecule has 2 unspecified atom stereocenters. The third kappa shape index (κ3) is 3.44. The largest absolute Gasteiger partial charge is 0.496 e.